The largest absolute Gasteiger partial charge is 0.217 e. The molecule has 1 aromatic heterocycles. The van der Waals surface area contributed by atoms with Crippen LogP contribution in [0, 0.1) is 36.9 Å². The zero-order valence-corrected chi connectivity index (χ0v) is 6.65. The topological polar surface area (TPSA) is 36.7 Å². The molecule has 12 heavy (non-hydrogen) atoms. The van der Waals surface area contributed by atoms with Crippen molar-refractivity contribution in [3.63, 3.8) is 0 Å². The molecular formula is C8H6F2N2. The maximum atomic E-state index is 13.0. The average Bonchev–Trinajstić information content (AvgIpc) is 2.08. The highest BCUT2D eigenvalue weighted by molar-refractivity contribution is 5.32. The van der Waals surface area contributed by atoms with Gasteiger partial charge in [-0.2, -0.15) is 9.65 Å². The highest BCUT2D eigenvalue weighted by Gasteiger charge is 2.13. The van der Waals surface area contributed by atoms with E-state index in [4.69, 9.17) is 5.26 Å². The van der Waals surface area contributed by atoms with E-state index in [1.54, 1.807) is 0 Å². The van der Waals surface area contributed by atoms with Crippen molar-refractivity contribution in [1.82, 2.24) is 4.98 Å². The third-order valence-electron chi connectivity index (χ3n) is 1.72. The standard InChI is InChI=1S/C8H6F2N2/c1-4-5(2)8(10)12-6(3-11)7(4)9/h1-2H3. The van der Waals surface area contributed by atoms with Crippen LogP contribution in [0.25, 0.3) is 0 Å². The maximum Gasteiger partial charge on any atom is 0.217 e. The van der Waals surface area contributed by atoms with Crippen molar-refractivity contribution in [2.24, 2.45) is 0 Å². The second-order valence-corrected chi connectivity index (χ2v) is 2.43. The smallest absolute Gasteiger partial charge is 0.205 e. The summed E-state index contributed by atoms with van der Waals surface area (Å²) in [7, 11) is 0. The van der Waals surface area contributed by atoms with Crippen LogP contribution in [0.3, 0.4) is 0 Å². The molecule has 4 heteroatoms. The van der Waals surface area contributed by atoms with Crippen LogP contribution in [0.15, 0.2) is 0 Å². The van der Waals surface area contributed by atoms with E-state index < -0.39 is 17.5 Å². The molecule has 0 saturated heterocycles. The Labute approximate surface area is 68.5 Å². The summed E-state index contributed by atoms with van der Waals surface area (Å²) in [5, 5.41) is 8.34. The van der Waals surface area contributed by atoms with Crippen molar-refractivity contribution >= 4 is 0 Å². The number of nitrogens with zero attached hydrogens (tertiary/aromatic N) is 2. The van der Waals surface area contributed by atoms with Crippen LogP contribution in [0.5, 0.6) is 0 Å². The van der Waals surface area contributed by atoms with E-state index in [1.807, 2.05) is 0 Å². The molecule has 0 unspecified atom stereocenters. The van der Waals surface area contributed by atoms with Crippen LogP contribution in [0.1, 0.15) is 16.8 Å². The highest BCUT2D eigenvalue weighted by Crippen LogP contribution is 2.15. The second-order valence-electron chi connectivity index (χ2n) is 2.43. The Morgan fingerprint density at radius 2 is 1.83 bits per heavy atom. The molecule has 0 fully saturated rings. The molecule has 0 spiro atoms. The number of nitriles is 1. The van der Waals surface area contributed by atoms with E-state index in [1.165, 1.54) is 19.9 Å². The van der Waals surface area contributed by atoms with Gasteiger partial charge in [-0.3, -0.25) is 0 Å². The molecule has 1 rings (SSSR count). The number of hydrogen-bond acceptors (Lipinski definition) is 2. The number of halogens is 2. The minimum absolute atomic E-state index is 0.138. The molecule has 0 radical (unpaired) electrons. The third kappa shape index (κ3) is 1.14. The van der Waals surface area contributed by atoms with Crippen molar-refractivity contribution < 1.29 is 8.78 Å². The number of pyridine rings is 1. The molecule has 1 aromatic rings. The van der Waals surface area contributed by atoms with Crippen LogP contribution in [0.2, 0.25) is 0 Å². The summed E-state index contributed by atoms with van der Waals surface area (Å²) in [6.07, 6.45) is 0. The fraction of sp³-hybridized carbons (Fsp3) is 0.250. The first-order valence-corrected chi connectivity index (χ1v) is 3.30. The van der Waals surface area contributed by atoms with Crippen LogP contribution in [-0.4, -0.2) is 4.98 Å². The fourth-order valence-corrected chi connectivity index (χ4v) is 0.802. The molecule has 0 aliphatic heterocycles. The molecule has 0 saturated carbocycles. The van der Waals surface area contributed by atoms with E-state index in [0.717, 1.165) is 0 Å². The summed E-state index contributed by atoms with van der Waals surface area (Å²) < 4.78 is 25.8. The lowest BCUT2D eigenvalue weighted by Gasteiger charge is -2.02. The molecule has 0 N–H and O–H groups in total. The van der Waals surface area contributed by atoms with Crippen molar-refractivity contribution in [1.29, 1.82) is 5.26 Å². The summed E-state index contributed by atoms with van der Waals surface area (Å²) in [6, 6.07) is 1.48. The van der Waals surface area contributed by atoms with Gasteiger partial charge < -0.3 is 0 Å². The minimum atomic E-state index is -0.787. The van der Waals surface area contributed by atoms with Gasteiger partial charge in [0.15, 0.2) is 11.5 Å². The van der Waals surface area contributed by atoms with Gasteiger partial charge >= 0.3 is 0 Å². The van der Waals surface area contributed by atoms with Crippen LogP contribution < -0.4 is 0 Å². The number of hydrogen-bond donors (Lipinski definition) is 0. The maximum absolute atomic E-state index is 13.0. The lowest BCUT2D eigenvalue weighted by molar-refractivity contribution is 0.541. The van der Waals surface area contributed by atoms with E-state index >= 15 is 0 Å². The summed E-state index contributed by atoms with van der Waals surface area (Å²) in [5.41, 5.74) is -0.207. The predicted molar refractivity (Wildman–Crippen MR) is 38.3 cm³/mol. The SMILES string of the molecule is Cc1c(F)nc(C#N)c(F)c1C. The Morgan fingerprint density at radius 1 is 1.25 bits per heavy atom. The first-order valence-electron chi connectivity index (χ1n) is 3.30. The highest BCUT2D eigenvalue weighted by atomic mass is 19.1. The van der Waals surface area contributed by atoms with Crippen LogP contribution >= 0.6 is 0 Å². The fourth-order valence-electron chi connectivity index (χ4n) is 0.802. The average molecular weight is 168 g/mol. The van der Waals surface area contributed by atoms with Gasteiger partial charge in [-0.05, 0) is 19.4 Å². The van der Waals surface area contributed by atoms with Crippen molar-refractivity contribution in [3.8, 4) is 6.07 Å². The molecule has 0 aliphatic rings. The number of aromatic nitrogens is 1. The summed E-state index contributed by atoms with van der Waals surface area (Å²) in [6.45, 7) is 2.83. The molecule has 62 valence electrons. The zero-order valence-electron chi connectivity index (χ0n) is 6.65. The van der Waals surface area contributed by atoms with E-state index in [2.05, 4.69) is 4.98 Å². The van der Waals surface area contributed by atoms with Gasteiger partial charge in [-0.1, -0.05) is 0 Å². The summed E-state index contributed by atoms with van der Waals surface area (Å²) >= 11 is 0. The Morgan fingerprint density at radius 3 is 2.33 bits per heavy atom. The Hall–Kier alpha value is -1.50. The van der Waals surface area contributed by atoms with Gasteiger partial charge in [0.2, 0.25) is 5.95 Å². The monoisotopic (exact) mass is 168 g/mol. The first kappa shape index (κ1) is 8.60. The van der Waals surface area contributed by atoms with E-state index in [9.17, 15) is 8.78 Å². The molecule has 0 bridgehead atoms. The summed E-state index contributed by atoms with van der Waals surface area (Å²) in [5.74, 6) is -1.53. The Kier molecular flexibility index (Phi) is 2.05. The molecule has 0 atom stereocenters. The molecule has 2 nitrogen and oxygen atoms in total. The third-order valence-corrected chi connectivity index (χ3v) is 1.72. The Balaban J connectivity index is 3.52. The molecule has 0 amide bonds. The van der Waals surface area contributed by atoms with Gasteiger partial charge in [-0.25, -0.2) is 9.37 Å². The normalized spacial score (nSPS) is 9.58. The Bertz CT molecular complexity index is 366. The van der Waals surface area contributed by atoms with Crippen molar-refractivity contribution in [3.05, 3.63) is 28.6 Å². The van der Waals surface area contributed by atoms with Gasteiger partial charge in [-0.15, -0.1) is 0 Å². The van der Waals surface area contributed by atoms with Crippen LogP contribution in [0.4, 0.5) is 8.78 Å². The van der Waals surface area contributed by atoms with Gasteiger partial charge in [0.25, 0.3) is 0 Å². The van der Waals surface area contributed by atoms with Gasteiger partial charge in [0, 0.05) is 5.56 Å². The van der Waals surface area contributed by atoms with Crippen molar-refractivity contribution in [2.75, 3.05) is 0 Å². The molecular weight excluding hydrogens is 162 g/mol. The zero-order chi connectivity index (χ0) is 9.30. The quantitative estimate of drug-likeness (QED) is 0.554. The van der Waals surface area contributed by atoms with Crippen molar-refractivity contribution in [2.45, 2.75) is 13.8 Å². The molecule has 0 aliphatic carbocycles. The minimum Gasteiger partial charge on any atom is -0.205 e. The second kappa shape index (κ2) is 2.86. The first-order chi connectivity index (χ1) is 5.57. The molecule has 1 heterocycles. The molecule has 0 aromatic carbocycles. The van der Waals surface area contributed by atoms with E-state index in [-0.39, 0.29) is 11.1 Å². The predicted octanol–water partition coefficient (Wildman–Crippen LogP) is 1.85. The van der Waals surface area contributed by atoms with Gasteiger partial charge in [0.05, 0.1) is 0 Å². The number of rotatable bonds is 0. The summed E-state index contributed by atoms with van der Waals surface area (Å²) in [4.78, 5) is 3.15. The van der Waals surface area contributed by atoms with E-state index in [0.29, 0.717) is 0 Å². The lowest BCUT2D eigenvalue weighted by Crippen LogP contribution is -2.01. The lowest BCUT2D eigenvalue weighted by atomic mass is 10.1. The van der Waals surface area contributed by atoms with Gasteiger partial charge in [0.1, 0.15) is 6.07 Å². The van der Waals surface area contributed by atoms with Crippen LogP contribution in [-0.2, 0) is 0 Å².